The van der Waals surface area contributed by atoms with Gasteiger partial charge in [-0.15, -0.1) is 0 Å². The van der Waals surface area contributed by atoms with Crippen molar-refractivity contribution in [3.05, 3.63) is 84.5 Å². The number of piperazine rings is 1. The molecule has 0 radical (unpaired) electrons. The van der Waals surface area contributed by atoms with Crippen LogP contribution in [-0.2, 0) is 16.1 Å². The average molecular weight is 610 g/mol. The van der Waals surface area contributed by atoms with Crippen molar-refractivity contribution in [3.63, 3.8) is 0 Å². The Hall–Kier alpha value is -3.31. The molecule has 2 aliphatic heterocycles. The Morgan fingerprint density at radius 3 is 2.15 bits per heavy atom. The lowest BCUT2D eigenvalue weighted by Gasteiger charge is -2.42. The number of fused-ring (bicyclic) bond motifs is 3. The van der Waals surface area contributed by atoms with Gasteiger partial charge >= 0.3 is 17.6 Å². The lowest BCUT2D eigenvalue weighted by atomic mass is 10.1. The second-order valence-electron chi connectivity index (χ2n) is 9.54. The van der Waals surface area contributed by atoms with Gasteiger partial charge < -0.3 is 20.1 Å². The summed E-state index contributed by atoms with van der Waals surface area (Å²) < 4.78 is 1.28. The minimum atomic E-state index is -1.26. The number of rotatable bonds is 7. The van der Waals surface area contributed by atoms with E-state index in [9.17, 15) is 19.2 Å². The molecule has 0 amide bonds. The van der Waals surface area contributed by atoms with Crippen LogP contribution in [0.5, 0.6) is 0 Å². The van der Waals surface area contributed by atoms with Crippen LogP contribution in [0.15, 0.2) is 58.1 Å². The number of aromatic nitrogens is 2. The van der Waals surface area contributed by atoms with E-state index >= 15 is 0 Å². The Labute approximate surface area is 244 Å². The monoisotopic (exact) mass is 608 g/mol. The zero-order valence-electron chi connectivity index (χ0n) is 21.2. The molecule has 2 atom stereocenters. The number of anilines is 1. The third-order valence-corrected chi connectivity index (χ3v) is 8.09. The van der Waals surface area contributed by atoms with E-state index in [1.807, 2.05) is 18.2 Å². The highest BCUT2D eigenvalue weighted by Crippen LogP contribution is 2.34. The molecule has 2 aromatic carbocycles. The summed E-state index contributed by atoms with van der Waals surface area (Å²) in [5.41, 5.74) is 0.794. The number of aliphatic carboxylic acids is 2. The highest BCUT2D eigenvalue weighted by Gasteiger charge is 2.39. The standard InChI is InChI=1S/C23H23Cl3N4O2.C4H4O4/c24-18-8-7-14(11-20(18)26)28-12-15-5-6-16(13-28)29(15)9-2-10-30-22(31)17-3-1-4-19(25)21(17)27-23(30)32;5-3(6)1-2-4(7)8/h1,3-4,7-8,11,15-16H,2,5-6,9-10,12-13H2,(H,27,32);1-2H,(H,5,6)(H,7,8)/b;2-1-. The van der Waals surface area contributed by atoms with Crippen molar-refractivity contribution in [1.29, 1.82) is 0 Å². The van der Waals surface area contributed by atoms with Gasteiger partial charge in [0.15, 0.2) is 0 Å². The van der Waals surface area contributed by atoms with Crippen molar-refractivity contribution < 1.29 is 19.8 Å². The second kappa shape index (κ2) is 12.9. The fourth-order valence-corrected chi connectivity index (χ4v) is 5.76. The van der Waals surface area contributed by atoms with Crippen LogP contribution in [0.4, 0.5) is 5.69 Å². The third kappa shape index (κ3) is 6.87. The van der Waals surface area contributed by atoms with Crippen LogP contribution in [0.2, 0.25) is 15.1 Å². The summed E-state index contributed by atoms with van der Waals surface area (Å²) in [7, 11) is 0. The average Bonchev–Trinajstić information content (AvgIpc) is 3.13. The largest absolute Gasteiger partial charge is 0.478 e. The Morgan fingerprint density at radius 1 is 0.900 bits per heavy atom. The molecule has 40 heavy (non-hydrogen) atoms. The fraction of sp³-hybridized carbons (Fsp3) is 0.333. The molecule has 0 spiro atoms. The number of carbonyl (C=O) groups is 2. The lowest BCUT2D eigenvalue weighted by molar-refractivity contribution is -0.134. The van der Waals surface area contributed by atoms with E-state index in [0.717, 1.165) is 44.6 Å². The first-order valence-corrected chi connectivity index (χ1v) is 13.7. The van der Waals surface area contributed by atoms with Crippen molar-refractivity contribution in [3.8, 4) is 0 Å². The van der Waals surface area contributed by atoms with Gasteiger partial charge in [0, 0.05) is 56.1 Å². The summed E-state index contributed by atoms with van der Waals surface area (Å²) in [4.78, 5) is 52.1. The number of H-pyrrole nitrogens is 1. The van der Waals surface area contributed by atoms with Crippen molar-refractivity contribution in [2.45, 2.75) is 37.9 Å². The van der Waals surface area contributed by atoms with Gasteiger partial charge in [-0.1, -0.05) is 40.9 Å². The summed E-state index contributed by atoms with van der Waals surface area (Å²) >= 11 is 18.4. The van der Waals surface area contributed by atoms with Crippen LogP contribution in [0.1, 0.15) is 19.3 Å². The molecular formula is C27H27Cl3N4O6. The molecule has 3 aromatic rings. The topological polar surface area (TPSA) is 136 Å². The molecule has 10 nitrogen and oxygen atoms in total. The Bertz CT molecular complexity index is 1540. The molecule has 2 aliphatic rings. The summed E-state index contributed by atoms with van der Waals surface area (Å²) in [5.74, 6) is -2.51. The predicted molar refractivity (Wildman–Crippen MR) is 155 cm³/mol. The summed E-state index contributed by atoms with van der Waals surface area (Å²) in [6.07, 6.45) is 4.15. The predicted octanol–water partition coefficient (Wildman–Crippen LogP) is 4.11. The molecule has 5 rings (SSSR count). The first-order chi connectivity index (χ1) is 19.0. The van der Waals surface area contributed by atoms with Crippen LogP contribution in [0, 0.1) is 0 Å². The number of hydrogen-bond donors (Lipinski definition) is 3. The van der Waals surface area contributed by atoms with E-state index in [1.54, 1.807) is 18.2 Å². The molecule has 0 aliphatic carbocycles. The van der Waals surface area contributed by atoms with Gasteiger partial charge in [0.05, 0.1) is 26.0 Å². The molecule has 212 valence electrons. The van der Waals surface area contributed by atoms with E-state index in [4.69, 9.17) is 45.0 Å². The molecule has 13 heteroatoms. The quantitative estimate of drug-likeness (QED) is 0.341. The Balaban J connectivity index is 0.000000406. The maximum Gasteiger partial charge on any atom is 0.328 e. The third-order valence-electron chi connectivity index (χ3n) is 7.03. The lowest BCUT2D eigenvalue weighted by Crippen LogP contribution is -2.54. The van der Waals surface area contributed by atoms with Crippen LogP contribution in [-0.4, -0.2) is 68.3 Å². The minimum absolute atomic E-state index is 0.293. The van der Waals surface area contributed by atoms with Gasteiger partial charge in [-0.3, -0.25) is 14.3 Å². The first kappa shape index (κ1) is 29.7. The van der Waals surface area contributed by atoms with Crippen LogP contribution in [0.3, 0.4) is 0 Å². The van der Waals surface area contributed by atoms with Crippen molar-refractivity contribution in [2.24, 2.45) is 0 Å². The minimum Gasteiger partial charge on any atom is -0.478 e. The van der Waals surface area contributed by atoms with Crippen molar-refractivity contribution >= 4 is 63.3 Å². The fourth-order valence-electron chi connectivity index (χ4n) is 5.25. The molecule has 2 fully saturated rings. The number of halogens is 3. The van der Waals surface area contributed by atoms with Crippen molar-refractivity contribution in [1.82, 2.24) is 14.5 Å². The van der Waals surface area contributed by atoms with E-state index in [-0.39, 0.29) is 5.56 Å². The summed E-state index contributed by atoms with van der Waals surface area (Å²) in [5, 5.41) is 17.6. The first-order valence-electron chi connectivity index (χ1n) is 12.6. The number of carboxylic acids is 2. The second-order valence-corrected chi connectivity index (χ2v) is 10.8. The van der Waals surface area contributed by atoms with Gasteiger partial charge in [-0.25, -0.2) is 14.4 Å². The highest BCUT2D eigenvalue weighted by atomic mass is 35.5. The zero-order valence-corrected chi connectivity index (χ0v) is 23.5. The van der Waals surface area contributed by atoms with Gasteiger partial charge in [0.25, 0.3) is 5.56 Å². The number of aromatic amines is 1. The Kier molecular flexibility index (Phi) is 9.57. The van der Waals surface area contributed by atoms with E-state index in [2.05, 4.69) is 14.8 Å². The number of hydrogen-bond acceptors (Lipinski definition) is 6. The van der Waals surface area contributed by atoms with Crippen molar-refractivity contribution in [2.75, 3.05) is 24.5 Å². The van der Waals surface area contributed by atoms with Gasteiger partial charge in [0.1, 0.15) is 0 Å². The zero-order chi connectivity index (χ0) is 29.0. The summed E-state index contributed by atoms with van der Waals surface area (Å²) in [6, 6.07) is 11.8. The van der Waals surface area contributed by atoms with Crippen LogP contribution in [0.25, 0.3) is 10.9 Å². The van der Waals surface area contributed by atoms with E-state index in [0.29, 0.717) is 56.8 Å². The Morgan fingerprint density at radius 2 is 1.55 bits per heavy atom. The molecule has 2 unspecified atom stereocenters. The van der Waals surface area contributed by atoms with E-state index in [1.165, 1.54) is 4.57 Å². The molecular weight excluding hydrogens is 583 g/mol. The maximum absolute atomic E-state index is 12.8. The molecule has 1 aromatic heterocycles. The summed E-state index contributed by atoms with van der Waals surface area (Å²) in [6.45, 7) is 3.10. The number of nitrogens with zero attached hydrogens (tertiary/aromatic N) is 3. The van der Waals surface area contributed by atoms with Crippen LogP contribution >= 0.6 is 34.8 Å². The SMILES string of the molecule is O=C(O)/C=C\C(=O)O.O=c1[nH]c2c(Cl)cccc2c(=O)n1CCCN1C2CCC1CN(c1ccc(Cl)c(Cl)c1)C2. The highest BCUT2D eigenvalue weighted by molar-refractivity contribution is 6.42. The molecule has 3 heterocycles. The smallest absolute Gasteiger partial charge is 0.328 e. The maximum atomic E-state index is 12.8. The molecule has 2 saturated heterocycles. The number of benzene rings is 2. The normalized spacial score (nSPS) is 18.6. The molecule has 0 saturated carbocycles. The number of para-hydroxylation sites is 1. The van der Waals surface area contributed by atoms with Gasteiger partial charge in [0.2, 0.25) is 0 Å². The van der Waals surface area contributed by atoms with Crippen LogP contribution < -0.4 is 16.1 Å². The van der Waals surface area contributed by atoms with E-state index < -0.39 is 17.6 Å². The molecule has 3 N–H and O–H groups in total. The van der Waals surface area contributed by atoms with Gasteiger partial charge in [-0.05, 0) is 49.6 Å². The van der Waals surface area contributed by atoms with Gasteiger partial charge in [-0.2, -0.15) is 0 Å². The molecule has 2 bridgehead atoms. The number of nitrogens with one attached hydrogen (secondary N) is 1. The number of carboxylic acid groups (broad SMARTS) is 2.